The molecular formula is C13H12BrNO3. The molecule has 1 aliphatic heterocycles. The van der Waals surface area contributed by atoms with Gasteiger partial charge in [-0.15, -0.1) is 0 Å². The number of nitrogens with zero attached hydrogens (tertiary/aromatic N) is 1. The Morgan fingerprint density at radius 1 is 1.39 bits per heavy atom. The summed E-state index contributed by atoms with van der Waals surface area (Å²) < 4.78 is 11.8. The molecular weight excluding hydrogens is 298 g/mol. The zero-order chi connectivity index (χ0) is 12.8. The second kappa shape index (κ2) is 4.11. The molecule has 1 aromatic rings. The lowest BCUT2D eigenvalue weighted by molar-refractivity contribution is 0.172. The summed E-state index contributed by atoms with van der Waals surface area (Å²) in [5.74, 6) is 1.49. The number of isocyanates is 1. The predicted molar refractivity (Wildman–Crippen MR) is 68.7 cm³/mol. The van der Waals surface area contributed by atoms with Gasteiger partial charge in [0.1, 0.15) is 0 Å². The summed E-state index contributed by atoms with van der Waals surface area (Å²) in [7, 11) is 0. The molecule has 1 fully saturated rings. The molecule has 0 unspecified atom stereocenters. The Morgan fingerprint density at radius 2 is 2.11 bits per heavy atom. The Morgan fingerprint density at radius 3 is 2.72 bits per heavy atom. The standard InChI is InChI=1S/C13H12BrNO3/c1-8-9(13(15-6-16)3-2-4-13)5-10(14)12-11(8)17-7-18-12/h5H,2-4,7H2,1H3. The predicted octanol–water partition coefficient (Wildman–Crippen LogP) is 3.20. The molecule has 1 aromatic carbocycles. The van der Waals surface area contributed by atoms with E-state index in [4.69, 9.17) is 9.47 Å². The van der Waals surface area contributed by atoms with Crippen LogP contribution in [-0.2, 0) is 10.3 Å². The van der Waals surface area contributed by atoms with Crippen molar-refractivity contribution in [2.24, 2.45) is 4.99 Å². The van der Waals surface area contributed by atoms with Crippen LogP contribution in [-0.4, -0.2) is 12.9 Å². The molecule has 0 amide bonds. The average Bonchev–Trinajstić information content (AvgIpc) is 2.78. The Bertz CT molecular complexity index is 560. The third kappa shape index (κ3) is 1.51. The molecule has 1 saturated carbocycles. The summed E-state index contributed by atoms with van der Waals surface area (Å²) in [4.78, 5) is 14.7. The highest BCUT2D eigenvalue weighted by atomic mass is 79.9. The summed E-state index contributed by atoms with van der Waals surface area (Å²) in [6, 6.07) is 1.99. The molecule has 0 spiro atoms. The smallest absolute Gasteiger partial charge is 0.235 e. The van der Waals surface area contributed by atoms with Crippen LogP contribution in [0.2, 0.25) is 0 Å². The molecule has 5 heteroatoms. The van der Waals surface area contributed by atoms with Gasteiger partial charge in [-0.05, 0) is 53.7 Å². The van der Waals surface area contributed by atoms with Crippen molar-refractivity contribution in [1.82, 2.24) is 0 Å². The fourth-order valence-corrected chi connectivity index (χ4v) is 3.20. The van der Waals surface area contributed by atoms with Crippen LogP contribution in [0.4, 0.5) is 0 Å². The number of ether oxygens (including phenoxy) is 2. The highest BCUT2D eigenvalue weighted by molar-refractivity contribution is 9.10. The van der Waals surface area contributed by atoms with Gasteiger partial charge in [0.15, 0.2) is 11.5 Å². The number of fused-ring (bicyclic) bond motifs is 1. The van der Waals surface area contributed by atoms with Crippen LogP contribution >= 0.6 is 15.9 Å². The van der Waals surface area contributed by atoms with Gasteiger partial charge in [0.25, 0.3) is 0 Å². The molecule has 1 aliphatic carbocycles. The van der Waals surface area contributed by atoms with Crippen LogP contribution in [0.1, 0.15) is 30.4 Å². The van der Waals surface area contributed by atoms with Gasteiger partial charge in [-0.3, -0.25) is 0 Å². The third-order valence-corrected chi connectivity index (χ3v) is 4.38. The molecule has 0 radical (unpaired) electrons. The van der Waals surface area contributed by atoms with Gasteiger partial charge in [-0.1, -0.05) is 0 Å². The Labute approximate surface area is 113 Å². The lowest BCUT2D eigenvalue weighted by Gasteiger charge is -2.38. The van der Waals surface area contributed by atoms with Crippen molar-refractivity contribution in [3.63, 3.8) is 0 Å². The second-order valence-electron chi connectivity index (χ2n) is 4.68. The number of benzene rings is 1. The quantitative estimate of drug-likeness (QED) is 0.622. The van der Waals surface area contributed by atoms with E-state index < -0.39 is 5.54 Å². The van der Waals surface area contributed by atoms with E-state index in [1.165, 1.54) is 0 Å². The summed E-state index contributed by atoms with van der Waals surface area (Å²) in [6.07, 6.45) is 4.56. The number of hydrogen-bond acceptors (Lipinski definition) is 4. The van der Waals surface area contributed by atoms with Crippen LogP contribution in [0.25, 0.3) is 0 Å². The minimum absolute atomic E-state index is 0.238. The van der Waals surface area contributed by atoms with E-state index in [-0.39, 0.29) is 6.79 Å². The summed E-state index contributed by atoms with van der Waals surface area (Å²) in [5, 5.41) is 0. The second-order valence-corrected chi connectivity index (χ2v) is 5.54. The number of aliphatic imine (C=N–C) groups is 1. The SMILES string of the molecule is Cc1c(C2(N=C=O)CCC2)cc(Br)c2c1OCO2. The van der Waals surface area contributed by atoms with Crippen LogP contribution in [0.5, 0.6) is 11.5 Å². The van der Waals surface area contributed by atoms with E-state index in [1.807, 2.05) is 13.0 Å². The van der Waals surface area contributed by atoms with Gasteiger partial charge in [-0.25, -0.2) is 4.79 Å². The number of hydrogen-bond donors (Lipinski definition) is 0. The zero-order valence-corrected chi connectivity index (χ0v) is 11.5. The molecule has 0 atom stereocenters. The highest BCUT2D eigenvalue weighted by Crippen LogP contribution is 2.52. The van der Waals surface area contributed by atoms with Crippen molar-refractivity contribution >= 4 is 22.0 Å². The van der Waals surface area contributed by atoms with Gasteiger partial charge in [0.2, 0.25) is 12.9 Å². The fourth-order valence-electron chi connectivity index (χ4n) is 2.68. The minimum atomic E-state index is -0.407. The van der Waals surface area contributed by atoms with Crippen molar-refractivity contribution < 1.29 is 14.3 Å². The molecule has 4 nitrogen and oxygen atoms in total. The summed E-state index contributed by atoms with van der Waals surface area (Å²) >= 11 is 3.48. The van der Waals surface area contributed by atoms with E-state index in [0.29, 0.717) is 0 Å². The van der Waals surface area contributed by atoms with E-state index in [9.17, 15) is 4.79 Å². The van der Waals surface area contributed by atoms with E-state index in [1.54, 1.807) is 6.08 Å². The van der Waals surface area contributed by atoms with Crippen LogP contribution in [0.3, 0.4) is 0 Å². The highest BCUT2D eigenvalue weighted by Gasteiger charge is 2.42. The zero-order valence-electron chi connectivity index (χ0n) is 9.96. The van der Waals surface area contributed by atoms with Crippen molar-refractivity contribution in [2.75, 3.05) is 6.79 Å². The van der Waals surface area contributed by atoms with E-state index >= 15 is 0 Å². The van der Waals surface area contributed by atoms with Crippen LogP contribution < -0.4 is 9.47 Å². The fraction of sp³-hybridized carbons (Fsp3) is 0.462. The van der Waals surface area contributed by atoms with Crippen molar-refractivity contribution in [3.8, 4) is 11.5 Å². The van der Waals surface area contributed by atoms with Crippen molar-refractivity contribution in [2.45, 2.75) is 31.7 Å². The van der Waals surface area contributed by atoms with E-state index in [2.05, 4.69) is 20.9 Å². The first-order valence-corrected chi connectivity index (χ1v) is 6.65. The normalized spacial score (nSPS) is 19.0. The third-order valence-electron chi connectivity index (χ3n) is 3.79. The first-order chi connectivity index (χ1) is 8.68. The number of rotatable bonds is 2. The van der Waals surface area contributed by atoms with Crippen LogP contribution in [0.15, 0.2) is 15.5 Å². The molecule has 18 heavy (non-hydrogen) atoms. The minimum Gasteiger partial charge on any atom is -0.453 e. The lowest BCUT2D eigenvalue weighted by atomic mass is 9.71. The maximum Gasteiger partial charge on any atom is 0.235 e. The summed E-state index contributed by atoms with van der Waals surface area (Å²) in [6.45, 7) is 2.22. The van der Waals surface area contributed by atoms with Crippen molar-refractivity contribution in [1.29, 1.82) is 0 Å². The van der Waals surface area contributed by atoms with Gasteiger partial charge in [-0.2, -0.15) is 4.99 Å². The molecule has 0 saturated heterocycles. The molecule has 2 aliphatic rings. The molecule has 94 valence electrons. The van der Waals surface area contributed by atoms with E-state index in [0.717, 1.165) is 46.4 Å². The number of carbonyl (C=O) groups excluding carboxylic acids is 1. The lowest BCUT2D eigenvalue weighted by Crippen LogP contribution is -2.32. The van der Waals surface area contributed by atoms with Gasteiger partial charge in [0.05, 0.1) is 10.0 Å². The summed E-state index contributed by atoms with van der Waals surface area (Å²) in [5.41, 5.74) is 1.63. The molecule has 3 rings (SSSR count). The Hall–Kier alpha value is -1.32. The van der Waals surface area contributed by atoms with Gasteiger partial charge >= 0.3 is 0 Å². The Balaban J connectivity index is 2.19. The molecule has 0 aromatic heterocycles. The molecule has 1 heterocycles. The maximum absolute atomic E-state index is 10.7. The Kier molecular flexibility index (Phi) is 2.68. The largest absolute Gasteiger partial charge is 0.453 e. The van der Waals surface area contributed by atoms with Gasteiger partial charge in [0, 0.05) is 5.56 Å². The topological polar surface area (TPSA) is 47.9 Å². The monoisotopic (exact) mass is 309 g/mol. The first-order valence-electron chi connectivity index (χ1n) is 5.86. The average molecular weight is 310 g/mol. The molecule has 0 N–H and O–H groups in total. The van der Waals surface area contributed by atoms with Gasteiger partial charge < -0.3 is 9.47 Å². The molecule has 0 bridgehead atoms. The van der Waals surface area contributed by atoms with Crippen molar-refractivity contribution in [3.05, 3.63) is 21.7 Å². The number of halogens is 1. The maximum atomic E-state index is 10.7. The van der Waals surface area contributed by atoms with Crippen LogP contribution in [0, 0.1) is 6.92 Å². The first kappa shape index (κ1) is 11.8.